The van der Waals surface area contributed by atoms with Crippen molar-refractivity contribution in [3.05, 3.63) is 72.8 Å². The minimum absolute atomic E-state index is 0.123. The second kappa shape index (κ2) is 9.73. The molecule has 2 heterocycles. The van der Waals surface area contributed by atoms with Crippen LogP contribution >= 0.6 is 0 Å². The standard InChI is InChI=1S/C26H26N4O5S2/c1-36(32,33)23-11-4-5-12-24(23)37(34,35)30-15-13-18(14-16-30)26(31)27-20-8-6-7-19(17-20)25-28-21-9-2-3-10-22(21)29-25/h2-12,17-18H,13-16H2,1H3,(H,27,31)(H,28,29). The molecule has 9 nitrogen and oxygen atoms in total. The van der Waals surface area contributed by atoms with Gasteiger partial charge in [0.25, 0.3) is 0 Å². The Labute approximate surface area is 215 Å². The van der Waals surface area contributed by atoms with Crippen LogP contribution in [0.25, 0.3) is 22.4 Å². The van der Waals surface area contributed by atoms with E-state index < -0.39 is 19.9 Å². The highest BCUT2D eigenvalue weighted by Crippen LogP contribution is 2.29. The maximum absolute atomic E-state index is 13.2. The minimum Gasteiger partial charge on any atom is -0.338 e. The largest absolute Gasteiger partial charge is 0.338 e. The van der Waals surface area contributed by atoms with Crippen molar-refractivity contribution in [2.75, 3.05) is 24.7 Å². The van der Waals surface area contributed by atoms with E-state index in [1.54, 1.807) is 6.07 Å². The van der Waals surface area contributed by atoms with Gasteiger partial charge in [0.15, 0.2) is 9.84 Å². The average Bonchev–Trinajstić information content (AvgIpc) is 3.33. The molecule has 0 unspecified atom stereocenters. The summed E-state index contributed by atoms with van der Waals surface area (Å²) >= 11 is 0. The van der Waals surface area contributed by atoms with Gasteiger partial charge < -0.3 is 10.3 Å². The van der Waals surface area contributed by atoms with E-state index in [1.807, 2.05) is 42.5 Å². The van der Waals surface area contributed by atoms with Crippen LogP contribution in [0.5, 0.6) is 0 Å². The lowest BCUT2D eigenvalue weighted by Gasteiger charge is -2.31. The smallest absolute Gasteiger partial charge is 0.244 e. The van der Waals surface area contributed by atoms with E-state index in [0.29, 0.717) is 24.4 Å². The molecule has 1 amide bonds. The molecule has 192 valence electrons. The lowest BCUT2D eigenvalue weighted by molar-refractivity contribution is -0.120. The number of rotatable bonds is 6. The maximum atomic E-state index is 13.2. The van der Waals surface area contributed by atoms with Gasteiger partial charge in [0.1, 0.15) is 10.7 Å². The number of H-pyrrole nitrogens is 1. The molecule has 0 spiro atoms. The molecule has 3 aromatic carbocycles. The monoisotopic (exact) mass is 538 g/mol. The second-order valence-electron chi connectivity index (χ2n) is 9.07. The van der Waals surface area contributed by atoms with E-state index >= 15 is 0 Å². The van der Waals surface area contributed by atoms with E-state index in [0.717, 1.165) is 22.9 Å². The van der Waals surface area contributed by atoms with E-state index in [9.17, 15) is 21.6 Å². The number of hydrogen-bond acceptors (Lipinski definition) is 6. The van der Waals surface area contributed by atoms with Crippen molar-refractivity contribution in [2.45, 2.75) is 22.6 Å². The average molecular weight is 539 g/mol. The number of hydrogen-bond donors (Lipinski definition) is 2. The van der Waals surface area contributed by atoms with Gasteiger partial charge in [-0.05, 0) is 49.2 Å². The Hall–Kier alpha value is -3.54. The molecule has 4 aromatic rings. The summed E-state index contributed by atoms with van der Waals surface area (Å²) in [6.07, 6.45) is 1.64. The van der Waals surface area contributed by atoms with Crippen LogP contribution in [0.4, 0.5) is 5.69 Å². The van der Waals surface area contributed by atoms with Crippen molar-refractivity contribution >= 4 is 42.5 Å². The Kier molecular flexibility index (Phi) is 6.61. The first-order valence-corrected chi connectivity index (χ1v) is 15.1. The number of aromatic nitrogens is 2. The molecule has 11 heteroatoms. The number of sulfonamides is 1. The van der Waals surface area contributed by atoms with Crippen LogP contribution in [0.2, 0.25) is 0 Å². The Bertz CT molecular complexity index is 1660. The van der Waals surface area contributed by atoms with Crippen LogP contribution in [0, 0.1) is 5.92 Å². The summed E-state index contributed by atoms with van der Waals surface area (Å²) in [5.41, 5.74) is 3.24. The number of imidazole rings is 1. The van der Waals surface area contributed by atoms with Gasteiger partial charge in [0.2, 0.25) is 15.9 Å². The number of nitrogens with one attached hydrogen (secondary N) is 2. The van der Waals surface area contributed by atoms with Crippen molar-refractivity contribution in [2.24, 2.45) is 5.92 Å². The van der Waals surface area contributed by atoms with Gasteiger partial charge in [0.05, 0.1) is 15.9 Å². The number of piperidine rings is 1. The molecule has 1 fully saturated rings. The number of fused-ring (bicyclic) bond motifs is 1. The first-order valence-electron chi connectivity index (χ1n) is 11.8. The number of anilines is 1. The Morgan fingerprint density at radius 2 is 1.59 bits per heavy atom. The Morgan fingerprint density at radius 1 is 0.919 bits per heavy atom. The van der Waals surface area contributed by atoms with Crippen LogP contribution < -0.4 is 5.32 Å². The van der Waals surface area contributed by atoms with Crippen molar-refractivity contribution in [1.82, 2.24) is 14.3 Å². The summed E-state index contributed by atoms with van der Waals surface area (Å²) in [5, 5.41) is 2.94. The van der Waals surface area contributed by atoms with Gasteiger partial charge in [-0.1, -0.05) is 36.4 Å². The Balaban J connectivity index is 1.26. The van der Waals surface area contributed by atoms with E-state index in [2.05, 4.69) is 15.3 Å². The van der Waals surface area contributed by atoms with Crippen LogP contribution in [0.15, 0.2) is 82.6 Å². The van der Waals surface area contributed by atoms with Gasteiger partial charge in [0, 0.05) is 36.5 Å². The highest BCUT2D eigenvalue weighted by Gasteiger charge is 2.34. The quantitative estimate of drug-likeness (QED) is 0.385. The molecule has 2 N–H and O–H groups in total. The van der Waals surface area contributed by atoms with Crippen LogP contribution in [-0.4, -0.2) is 56.4 Å². The van der Waals surface area contributed by atoms with E-state index in [1.165, 1.54) is 28.6 Å². The third-order valence-corrected chi connectivity index (χ3v) is 9.73. The number of para-hydroxylation sites is 2. The molecule has 5 rings (SSSR count). The van der Waals surface area contributed by atoms with Crippen LogP contribution in [0.3, 0.4) is 0 Å². The second-order valence-corrected chi connectivity index (χ2v) is 13.0. The van der Waals surface area contributed by atoms with Crippen LogP contribution in [0.1, 0.15) is 12.8 Å². The third kappa shape index (κ3) is 5.15. The zero-order valence-corrected chi connectivity index (χ0v) is 21.7. The zero-order valence-electron chi connectivity index (χ0n) is 20.1. The van der Waals surface area contributed by atoms with E-state index in [4.69, 9.17) is 0 Å². The molecule has 0 saturated carbocycles. The van der Waals surface area contributed by atoms with Crippen molar-refractivity contribution < 1.29 is 21.6 Å². The zero-order chi connectivity index (χ0) is 26.2. The predicted octanol–water partition coefficient (Wildman–Crippen LogP) is 3.67. The van der Waals surface area contributed by atoms with Gasteiger partial charge in [-0.3, -0.25) is 4.79 Å². The van der Waals surface area contributed by atoms with Crippen LogP contribution in [-0.2, 0) is 24.7 Å². The molecule has 0 atom stereocenters. The summed E-state index contributed by atoms with van der Waals surface area (Å²) in [7, 11) is -7.74. The summed E-state index contributed by atoms with van der Waals surface area (Å²) < 4.78 is 51.9. The highest BCUT2D eigenvalue weighted by molar-refractivity contribution is 7.93. The molecule has 37 heavy (non-hydrogen) atoms. The first-order chi connectivity index (χ1) is 17.6. The lowest BCUT2D eigenvalue weighted by atomic mass is 9.97. The molecule has 1 saturated heterocycles. The van der Waals surface area contributed by atoms with E-state index in [-0.39, 0.29) is 34.7 Å². The van der Waals surface area contributed by atoms with Gasteiger partial charge in [-0.2, -0.15) is 4.31 Å². The topological polar surface area (TPSA) is 129 Å². The number of carbonyl (C=O) groups is 1. The first kappa shape index (κ1) is 25.1. The summed E-state index contributed by atoms with van der Waals surface area (Å²) in [5.74, 6) is 0.145. The van der Waals surface area contributed by atoms with Gasteiger partial charge in [-0.15, -0.1) is 0 Å². The number of amides is 1. The molecule has 0 radical (unpaired) electrons. The fraction of sp³-hybridized carbons (Fsp3) is 0.231. The number of carbonyl (C=O) groups excluding carboxylic acids is 1. The lowest BCUT2D eigenvalue weighted by Crippen LogP contribution is -2.41. The van der Waals surface area contributed by atoms with Crippen molar-refractivity contribution in [3.8, 4) is 11.4 Å². The molecule has 1 aromatic heterocycles. The van der Waals surface area contributed by atoms with Gasteiger partial charge in [-0.25, -0.2) is 21.8 Å². The summed E-state index contributed by atoms with van der Waals surface area (Å²) in [6.45, 7) is 0.245. The fourth-order valence-electron chi connectivity index (χ4n) is 4.55. The maximum Gasteiger partial charge on any atom is 0.244 e. The molecule has 1 aliphatic heterocycles. The normalized spacial score (nSPS) is 15.6. The molecule has 0 bridgehead atoms. The fourth-order valence-corrected chi connectivity index (χ4v) is 7.62. The third-order valence-electron chi connectivity index (χ3n) is 6.48. The predicted molar refractivity (Wildman–Crippen MR) is 141 cm³/mol. The molecule has 1 aliphatic rings. The number of nitrogens with zero attached hydrogens (tertiary/aromatic N) is 2. The minimum atomic E-state index is -4.02. The number of benzene rings is 3. The highest BCUT2D eigenvalue weighted by atomic mass is 32.2. The molecule has 0 aliphatic carbocycles. The summed E-state index contributed by atoms with van der Waals surface area (Å²) in [6, 6.07) is 20.7. The molecular formula is C26H26N4O5S2. The van der Waals surface area contributed by atoms with Gasteiger partial charge >= 0.3 is 0 Å². The van der Waals surface area contributed by atoms with Crippen molar-refractivity contribution in [1.29, 1.82) is 0 Å². The number of aromatic amines is 1. The molecular weight excluding hydrogens is 512 g/mol. The SMILES string of the molecule is CS(=O)(=O)c1ccccc1S(=O)(=O)N1CCC(C(=O)Nc2cccc(-c3nc4ccccc4[nH]3)c2)CC1. The number of sulfone groups is 1. The van der Waals surface area contributed by atoms with Crippen molar-refractivity contribution in [3.63, 3.8) is 0 Å². The summed E-state index contributed by atoms with van der Waals surface area (Å²) in [4.78, 5) is 20.4. The Morgan fingerprint density at radius 3 is 2.30 bits per heavy atom.